The zero-order valence-corrected chi connectivity index (χ0v) is 18.2. The molecule has 7 nitrogen and oxygen atoms in total. The van der Waals surface area contributed by atoms with E-state index in [1.807, 2.05) is 36.6 Å². The quantitative estimate of drug-likeness (QED) is 0.521. The molecule has 0 radical (unpaired) electrons. The van der Waals surface area contributed by atoms with Crippen LogP contribution in [0.1, 0.15) is 30.1 Å². The molecule has 2 heterocycles. The highest BCUT2D eigenvalue weighted by Gasteiger charge is 2.18. The van der Waals surface area contributed by atoms with Gasteiger partial charge in [-0.3, -0.25) is 14.6 Å². The number of carbonyl (C=O) groups is 2. The lowest BCUT2D eigenvalue weighted by atomic mass is 10.1. The Morgan fingerprint density at radius 2 is 1.97 bits per heavy atom. The van der Waals surface area contributed by atoms with Crippen molar-refractivity contribution in [3.05, 3.63) is 59.7 Å². The highest BCUT2D eigenvalue weighted by molar-refractivity contribution is 7.14. The van der Waals surface area contributed by atoms with Crippen molar-refractivity contribution in [2.75, 3.05) is 12.4 Å². The van der Waals surface area contributed by atoms with Gasteiger partial charge in [0, 0.05) is 42.2 Å². The number of thiazole rings is 1. The van der Waals surface area contributed by atoms with Gasteiger partial charge >= 0.3 is 5.97 Å². The number of hydrogen-bond donors (Lipinski definition) is 2. The maximum absolute atomic E-state index is 12.6. The molecule has 1 aromatic carbocycles. The molecule has 9 heteroatoms. The highest BCUT2D eigenvalue weighted by Crippen LogP contribution is 2.27. The minimum atomic E-state index is -0.859. The van der Waals surface area contributed by atoms with Crippen LogP contribution in [0, 0.1) is 0 Å². The fourth-order valence-corrected chi connectivity index (χ4v) is 3.48. The Hall–Kier alpha value is -2.97. The van der Waals surface area contributed by atoms with Crippen molar-refractivity contribution < 1.29 is 14.7 Å². The van der Waals surface area contributed by atoms with Crippen molar-refractivity contribution in [1.29, 1.82) is 0 Å². The molecule has 3 aromatic rings. The number of benzene rings is 1. The first kappa shape index (κ1) is 23.3. The average molecular weight is 447 g/mol. The Morgan fingerprint density at radius 3 is 2.60 bits per heavy atom. The third-order valence-corrected chi connectivity index (χ3v) is 5.36. The summed E-state index contributed by atoms with van der Waals surface area (Å²) in [7, 11) is 1.69. The maximum Gasteiger partial charge on any atom is 0.303 e. The SMILES string of the molecule is CC(CCC(=O)O)N(C)C(=O)c1ccc(-c2csc(Nc3cccnc3)n2)cc1.Cl. The standard InChI is InChI=1S/C21H22N4O3S.ClH/c1-14(5-10-19(26)27)25(2)20(28)16-8-6-15(7-9-16)18-13-29-21(24-18)23-17-4-3-11-22-12-17;/h3-4,6-9,11-14H,5,10H2,1-2H3,(H,23,24)(H,26,27);1H. The van der Waals surface area contributed by atoms with Crippen LogP contribution >= 0.6 is 23.7 Å². The predicted molar refractivity (Wildman–Crippen MR) is 121 cm³/mol. The molecule has 1 unspecified atom stereocenters. The van der Waals surface area contributed by atoms with E-state index in [0.29, 0.717) is 12.0 Å². The molecule has 1 atom stereocenters. The van der Waals surface area contributed by atoms with Gasteiger partial charge in [0.05, 0.1) is 17.6 Å². The summed E-state index contributed by atoms with van der Waals surface area (Å²) in [6.07, 6.45) is 3.90. The Balaban J connectivity index is 0.00000320. The Morgan fingerprint density at radius 1 is 1.23 bits per heavy atom. The van der Waals surface area contributed by atoms with Crippen molar-refractivity contribution in [2.24, 2.45) is 0 Å². The number of carboxylic acids is 1. The van der Waals surface area contributed by atoms with Crippen LogP contribution in [0.2, 0.25) is 0 Å². The van der Waals surface area contributed by atoms with Crippen molar-refractivity contribution in [2.45, 2.75) is 25.8 Å². The third kappa shape index (κ3) is 6.01. The Kier molecular flexibility index (Phi) is 8.32. The Bertz CT molecular complexity index is 979. The molecule has 0 saturated heterocycles. The van der Waals surface area contributed by atoms with Crippen molar-refractivity contribution >= 4 is 46.4 Å². The van der Waals surface area contributed by atoms with E-state index in [2.05, 4.69) is 15.3 Å². The number of aromatic nitrogens is 2. The minimum absolute atomic E-state index is 0. The molecule has 2 aromatic heterocycles. The zero-order chi connectivity index (χ0) is 20.8. The first-order valence-electron chi connectivity index (χ1n) is 9.16. The maximum atomic E-state index is 12.6. The molecule has 0 saturated carbocycles. The van der Waals surface area contributed by atoms with E-state index in [9.17, 15) is 9.59 Å². The largest absolute Gasteiger partial charge is 0.481 e. The molecule has 0 spiro atoms. The molecule has 30 heavy (non-hydrogen) atoms. The highest BCUT2D eigenvalue weighted by atomic mass is 35.5. The van der Waals surface area contributed by atoms with Crippen molar-refractivity contribution in [1.82, 2.24) is 14.9 Å². The summed E-state index contributed by atoms with van der Waals surface area (Å²) in [6.45, 7) is 1.85. The van der Waals surface area contributed by atoms with E-state index < -0.39 is 5.97 Å². The molecule has 2 N–H and O–H groups in total. The Labute approximate surface area is 185 Å². The summed E-state index contributed by atoms with van der Waals surface area (Å²) < 4.78 is 0. The van der Waals surface area contributed by atoms with Crippen LogP contribution in [0.5, 0.6) is 0 Å². The number of halogens is 1. The zero-order valence-electron chi connectivity index (χ0n) is 16.6. The molecule has 0 fully saturated rings. The number of carbonyl (C=O) groups excluding carboxylic acids is 1. The van der Waals surface area contributed by atoms with E-state index in [1.165, 1.54) is 11.3 Å². The van der Waals surface area contributed by atoms with Crippen LogP contribution in [-0.4, -0.2) is 44.9 Å². The summed E-state index contributed by atoms with van der Waals surface area (Å²) in [5.41, 5.74) is 3.17. The molecule has 3 rings (SSSR count). The summed E-state index contributed by atoms with van der Waals surface area (Å²) in [5, 5.41) is 14.7. The summed E-state index contributed by atoms with van der Waals surface area (Å²) in [6, 6.07) is 10.9. The molecular formula is C21H23ClN4O3S. The van der Waals surface area contributed by atoms with Crippen LogP contribution < -0.4 is 5.32 Å². The van der Waals surface area contributed by atoms with Crippen molar-refractivity contribution in [3.8, 4) is 11.3 Å². The number of pyridine rings is 1. The second-order valence-electron chi connectivity index (χ2n) is 6.68. The van der Waals surface area contributed by atoms with Crippen LogP contribution in [-0.2, 0) is 4.79 Å². The molecule has 0 aliphatic heterocycles. The van der Waals surface area contributed by atoms with Crippen molar-refractivity contribution in [3.63, 3.8) is 0 Å². The van der Waals surface area contributed by atoms with E-state index in [4.69, 9.17) is 5.11 Å². The fraction of sp³-hybridized carbons (Fsp3) is 0.238. The number of anilines is 2. The minimum Gasteiger partial charge on any atom is -0.481 e. The van der Waals surface area contributed by atoms with Gasteiger partial charge in [0.15, 0.2) is 5.13 Å². The number of hydrogen-bond acceptors (Lipinski definition) is 6. The summed E-state index contributed by atoms with van der Waals surface area (Å²) >= 11 is 1.49. The van der Waals surface area contributed by atoms with Crippen LogP contribution in [0.3, 0.4) is 0 Å². The van der Waals surface area contributed by atoms with E-state index >= 15 is 0 Å². The second kappa shape index (κ2) is 10.7. The number of rotatable bonds is 8. The topological polar surface area (TPSA) is 95.4 Å². The smallest absolute Gasteiger partial charge is 0.303 e. The van der Waals surface area contributed by atoms with E-state index in [1.54, 1.807) is 36.5 Å². The molecule has 0 aliphatic carbocycles. The van der Waals surface area contributed by atoms with Gasteiger partial charge in [0.25, 0.3) is 5.91 Å². The molecule has 1 amide bonds. The lowest BCUT2D eigenvalue weighted by Crippen LogP contribution is -2.35. The number of carboxylic acid groups (broad SMARTS) is 1. The number of nitrogens with zero attached hydrogens (tertiary/aromatic N) is 3. The van der Waals surface area contributed by atoms with Gasteiger partial charge in [-0.15, -0.1) is 23.7 Å². The third-order valence-electron chi connectivity index (χ3n) is 4.60. The lowest BCUT2D eigenvalue weighted by Gasteiger charge is -2.24. The fourth-order valence-electron chi connectivity index (χ4n) is 2.74. The molecule has 158 valence electrons. The van der Waals surface area contributed by atoms with E-state index in [0.717, 1.165) is 22.1 Å². The van der Waals surface area contributed by atoms with Gasteiger partial charge < -0.3 is 15.3 Å². The van der Waals surface area contributed by atoms with Gasteiger partial charge in [-0.1, -0.05) is 12.1 Å². The van der Waals surface area contributed by atoms with E-state index in [-0.39, 0.29) is 30.8 Å². The van der Waals surface area contributed by atoms with Crippen LogP contribution in [0.4, 0.5) is 10.8 Å². The molecule has 0 aliphatic rings. The van der Waals surface area contributed by atoms with Gasteiger partial charge in [-0.2, -0.15) is 0 Å². The first-order chi connectivity index (χ1) is 13.9. The monoisotopic (exact) mass is 446 g/mol. The lowest BCUT2D eigenvalue weighted by molar-refractivity contribution is -0.137. The van der Waals surface area contributed by atoms with Gasteiger partial charge in [0.1, 0.15) is 0 Å². The van der Waals surface area contributed by atoms with Gasteiger partial charge in [0.2, 0.25) is 0 Å². The first-order valence-corrected chi connectivity index (χ1v) is 10.0. The number of nitrogens with one attached hydrogen (secondary N) is 1. The predicted octanol–water partition coefficient (Wildman–Crippen LogP) is 4.70. The number of aliphatic carboxylic acids is 1. The molecular weight excluding hydrogens is 424 g/mol. The summed E-state index contributed by atoms with van der Waals surface area (Å²) in [5.74, 6) is -0.991. The van der Waals surface area contributed by atoms with Crippen LogP contribution in [0.15, 0.2) is 54.2 Å². The number of amides is 1. The molecule has 0 bridgehead atoms. The second-order valence-corrected chi connectivity index (χ2v) is 7.54. The van der Waals surface area contributed by atoms with Gasteiger partial charge in [-0.05, 0) is 37.6 Å². The van der Waals surface area contributed by atoms with Crippen LogP contribution in [0.25, 0.3) is 11.3 Å². The van der Waals surface area contributed by atoms with Gasteiger partial charge in [-0.25, -0.2) is 4.98 Å². The summed E-state index contributed by atoms with van der Waals surface area (Å²) in [4.78, 5) is 33.6. The normalized spacial score (nSPS) is 11.3. The average Bonchev–Trinajstić information content (AvgIpc) is 3.20.